The van der Waals surface area contributed by atoms with Crippen molar-refractivity contribution in [3.05, 3.63) is 12.7 Å². The third-order valence-electron chi connectivity index (χ3n) is 2.11. The molecule has 3 heteroatoms. The van der Waals surface area contributed by atoms with Gasteiger partial charge in [0.2, 0.25) is 0 Å². The molecule has 0 aliphatic heterocycles. The number of aliphatic hydroxyl groups excluding tert-OH is 3. The number of hydrogen-bond donors (Lipinski definition) is 3. The zero-order chi connectivity index (χ0) is 9.45. The van der Waals surface area contributed by atoms with E-state index in [1.54, 1.807) is 6.08 Å². The largest absolute Gasteiger partial charge is 0.396 e. The maximum absolute atomic E-state index is 9.04. The van der Waals surface area contributed by atoms with E-state index in [9.17, 15) is 0 Å². The molecule has 0 unspecified atom stereocenters. The summed E-state index contributed by atoms with van der Waals surface area (Å²) in [6.07, 6.45) is 3.50. The molecule has 0 saturated heterocycles. The van der Waals surface area contributed by atoms with Gasteiger partial charge >= 0.3 is 0 Å². The Morgan fingerprint density at radius 1 is 1.17 bits per heavy atom. The maximum atomic E-state index is 9.04. The molecule has 72 valence electrons. The molecule has 12 heavy (non-hydrogen) atoms. The van der Waals surface area contributed by atoms with Crippen LogP contribution >= 0.6 is 0 Å². The summed E-state index contributed by atoms with van der Waals surface area (Å²) in [5, 5.41) is 26.7. The minimum absolute atomic E-state index is 0.0600. The first-order valence-corrected chi connectivity index (χ1v) is 4.18. The predicted molar refractivity (Wildman–Crippen MR) is 47.7 cm³/mol. The van der Waals surface area contributed by atoms with Crippen LogP contribution < -0.4 is 0 Å². The summed E-state index contributed by atoms with van der Waals surface area (Å²) in [4.78, 5) is 0. The Balaban J connectivity index is 4.03. The highest BCUT2D eigenvalue weighted by Gasteiger charge is 2.26. The fourth-order valence-corrected chi connectivity index (χ4v) is 1.20. The number of hydrogen-bond acceptors (Lipinski definition) is 3. The lowest BCUT2D eigenvalue weighted by molar-refractivity contribution is 0.0438. The van der Waals surface area contributed by atoms with Crippen LogP contribution in [0.1, 0.15) is 19.3 Å². The van der Waals surface area contributed by atoms with Crippen LogP contribution in [0, 0.1) is 5.41 Å². The Bertz CT molecular complexity index is 119. The molecule has 0 aliphatic carbocycles. The van der Waals surface area contributed by atoms with Gasteiger partial charge in [-0.05, 0) is 19.3 Å². The molecule has 0 spiro atoms. The average Bonchev–Trinajstić information content (AvgIpc) is 2.13. The van der Waals surface area contributed by atoms with Crippen molar-refractivity contribution in [1.82, 2.24) is 0 Å². The van der Waals surface area contributed by atoms with E-state index in [0.29, 0.717) is 19.3 Å². The normalized spacial score (nSPS) is 11.6. The molecular weight excluding hydrogens is 156 g/mol. The molecule has 0 fully saturated rings. The highest BCUT2D eigenvalue weighted by Crippen LogP contribution is 2.27. The second kappa shape index (κ2) is 6.17. The van der Waals surface area contributed by atoms with Gasteiger partial charge in [0.05, 0.1) is 13.2 Å². The first-order chi connectivity index (χ1) is 5.74. The number of rotatable bonds is 7. The van der Waals surface area contributed by atoms with Gasteiger partial charge in [-0.25, -0.2) is 0 Å². The molecule has 0 aromatic carbocycles. The van der Waals surface area contributed by atoms with E-state index in [4.69, 9.17) is 15.3 Å². The van der Waals surface area contributed by atoms with Gasteiger partial charge in [-0.15, -0.1) is 6.58 Å². The SMILES string of the molecule is C=CCC(CO)(CO)CCCO. The van der Waals surface area contributed by atoms with Crippen molar-refractivity contribution in [3.8, 4) is 0 Å². The maximum Gasteiger partial charge on any atom is 0.0512 e. The van der Waals surface area contributed by atoms with E-state index in [2.05, 4.69) is 6.58 Å². The summed E-state index contributed by atoms with van der Waals surface area (Å²) in [6.45, 7) is 3.54. The highest BCUT2D eigenvalue weighted by atomic mass is 16.3. The fourth-order valence-electron chi connectivity index (χ4n) is 1.20. The zero-order valence-corrected chi connectivity index (χ0v) is 7.37. The smallest absolute Gasteiger partial charge is 0.0512 e. The Morgan fingerprint density at radius 2 is 1.75 bits per heavy atom. The van der Waals surface area contributed by atoms with Crippen LogP contribution in [-0.2, 0) is 0 Å². The molecule has 0 aromatic heterocycles. The Kier molecular flexibility index (Phi) is 5.98. The summed E-state index contributed by atoms with van der Waals surface area (Å²) in [6, 6.07) is 0. The van der Waals surface area contributed by atoms with Gasteiger partial charge in [-0.2, -0.15) is 0 Å². The molecule has 0 amide bonds. The lowest BCUT2D eigenvalue weighted by Crippen LogP contribution is -2.29. The van der Waals surface area contributed by atoms with Crippen LogP contribution in [0.5, 0.6) is 0 Å². The van der Waals surface area contributed by atoms with Gasteiger partial charge in [0, 0.05) is 12.0 Å². The van der Waals surface area contributed by atoms with Crippen molar-refractivity contribution >= 4 is 0 Å². The van der Waals surface area contributed by atoms with Crippen LogP contribution in [0.3, 0.4) is 0 Å². The van der Waals surface area contributed by atoms with Gasteiger partial charge < -0.3 is 15.3 Å². The molecule has 0 saturated carbocycles. The van der Waals surface area contributed by atoms with Gasteiger partial charge in [0.15, 0.2) is 0 Å². The first kappa shape index (κ1) is 11.6. The lowest BCUT2D eigenvalue weighted by Gasteiger charge is -2.28. The van der Waals surface area contributed by atoms with Crippen LogP contribution in [0.25, 0.3) is 0 Å². The van der Waals surface area contributed by atoms with Gasteiger partial charge in [0.1, 0.15) is 0 Å². The molecule has 0 atom stereocenters. The molecule has 3 nitrogen and oxygen atoms in total. The Labute approximate surface area is 73.4 Å². The van der Waals surface area contributed by atoms with Crippen molar-refractivity contribution in [2.75, 3.05) is 19.8 Å². The molecular formula is C9H18O3. The Hall–Kier alpha value is -0.380. The third-order valence-corrected chi connectivity index (χ3v) is 2.11. The van der Waals surface area contributed by atoms with Crippen LogP contribution in [0.2, 0.25) is 0 Å². The zero-order valence-electron chi connectivity index (χ0n) is 7.37. The lowest BCUT2D eigenvalue weighted by atomic mass is 9.82. The minimum Gasteiger partial charge on any atom is -0.396 e. The molecule has 0 radical (unpaired) electrons. The standard InChI is InChI=1S/C9H18O3/c1-2-4-9(7-11,8-12)5-3-6-10/h2,10-12H,1,3-8H2. The van der Waals surface area contributed by atoms with Crippen molar-refractivity contribution in [3.63, 3.8) is 0 Å². The molecule has 0 aliphatic rings. The van der Waals surface area contributed by atoms with Gasteiger partial charge in [-0.3, -0.25) is 0 Å². The van der Waals surface area contributed by atoms with Crippen molar-refractivity contribution in [2.24, 2.45) is 5.41 Å². The van der Waals surface area contributed by atoms with Gasteiger partial charge in [0.25, 0.3) is 0 Å². The molecule has 0 heterocycles. The van der Waals surface area contributed by atoms with Crippen molar-refractivity contribution in [2.45, 2.75) is 19.3 Å². The van der Waals surface area contributed by atoms with Crippen molar-refractivity contribution < 1.29 is 15.3 Å². The van der Waals surface area contributed by atoms with Gasteiger partial charge in [-0.1, -0.05) is 6.08 Å². The highest BCUT2D eigenvalue weighted by molar-refractivity contribution is 4.85. The third kappa shape index (κ3) is 3.34. The minimum atomic E-state index is -0.482. The Morgan fingerprint density at radius 3 is 2.08 bits per heavy atom. The molecule has 0 bridgehead atoms. The van der Waals surface area contributed by atoms with Crippen molar-refractivity contribution in [1.29, 1.82) is 0 Å². The molecule has 3 N–H and O–H groups in total. The topological polar surface area (TPSA) is 60.7 Å². The van der Waals surface area contributed by atoms with E-state index in [1.807, 2.05) is 0 Å². The summed E-state index contributed by atoms with van der Waals surface area (Å²) >= 11 is 0. The fraction of sp³-hybridized carbons (Fsp3) is 0.778. The predicted octanol–water partition coefficient (Wildman–Crippen LogP) is 0.306. The number of allylic oxidation sites excluding steroid dienone is 1. The van der Waals surface area contributed by atoms with E-state index in [1.165, 1.54) is 0 Å². The molecule has 0 rings (SSSR count). The monoisotopic (exact) mass is 174 g/mol. The summed E-state index contributed by atoms with van der Waals surface area (Å²) in [5.74, 6) is 0. The van der Waals surface area contributed by atoms with Crippen LogP contribution in [0.4, 0.5) is 0 Å². The quantitative estimate of drug-likeness (QED) is 0.487. The van der Waals surface area contributed by atoms with E-state index >= 15 is 0 Å². The summed E-state index contributed by atoms with van der Waals surface area (Å²) in [5.41, 5.74) is -0.482. The summed E-state index contributed by atoms with van der Waals surface area (Å²) in [7, 11) is 0. The first-order valence-electron chi connectivity index (χ1n) is 4.18. The van der Waals surface area contributed by atoms with E-state index in [0.717, 1.165) is 0 Å². The van der Waals surface area contributed by atoms with E-state index < -0.39 is 5.41 Å². The second-order valence-electron chi connectivity index (χ2n) is 3.14. The second-order valence-corrected chi connectivity index (χ2v) is 3.14. The average molecular weight is 174 g/mol. The number of aliphatic hydroxyl groups is 3. The van der Waals surface area contributed by atoms with Crippen LogP contribution in [-0.4, -0.2) is 35.1 Å². The van der Waals surface area contributed by atoms with Crippen LogP contribution in [0.15, 0.2) is 12.7 Å². The van der Waals surface area contributed by atoms with E-state index in [-0.39, 0.29) is 19.8 Å². The summed E-state index contributed by atoms with van der Waals surface area (Å²) < 4.78 is 0. The molecule has 0 aromatic rings.